The second-order valence-corrected chi connectivity index (χ2v) is 6.17. The Labute approximate surface area is 120 Å². The van der Waals surface area contributed by atoms with Gasteiger partial charge in [-0.2, -0.15) is 4.98 Å². The first-order valence-electron chi connectivity index (χ1n) is 7.91. The van der Waals surface area contributed by atoms with Crippen molar-refractivity contribution in [3.63, 3.8) is 0 Å². The van der Waals surface area contributed by atoms with Gasteiger partial charge in [-0.25, -0.2) is 0 Å². The molecule has 0 aromatic carbocycles. The molecule has 1 aromatic heterocycles. The molecule has 0 radical (unpaired) electrons. The van der Waals surface area contributed by atoms with Crippen LogP contribution in [0.1, 0.15) is 56.7 Å². The first kappa shape index (κ1) is 14.0. The van der Waals surface area contributed by atoms with Crippen LogP contribution in [0.2, 0.25) is 0 Å². The Balaban J connectivity index is 1.58. The number of nitrogens with zero attached hydrogens (tertiary/aromatic N) is 2. The van der Waals surface area contributed by atoms with E-state index in [9.17, 15) is 0 Å². The molecule has 2 heterocycles. The Kier molecular flexibility index (Phi) is 4.36. The van der Waals surface area contributed by atoms with E-state index in [0.29, 0.717) is 0 Å². The van der Waals surface area contributed by atoms with E-state index in [-0.39, 0.29) is 5.60 Å². The zero-order valence-electron chi connectivity index (χ0n) is 12.4. The molecule has 2 fully saturated rings. The van der Waals surface area contributed by atoms with E-state index in [1.807, 2.05) is 0 Å². The number of rotatable bonds is 5. The third-order valence-corrected chi connectivity index (χ3v) is 4.84. The Hall–Kier alpha value is -0.940. The number of piperidine rings is 1. The van der Waals surface area contributed by atoms with Crippen LogP contribution >= 0.6 is 0 Å². The molecule has 5 heteroatoms. The molecule has 1 unspecified atom stereocenters. The van der Waals surface area contributed by atoms with Gasteiger partial charge in [0.15, 0.2) is 0 Å². The van der Waals surface area contributed by atoms with E-state index >= 15 is 0 Å². The van der Waals surface area contributed by atoms with Crippen LogP contribution in [0.15, 0.2) is 4.52 Å². The lowest BCUT2D eigenvalue weighted by Crippen LogP contribution is -2.30. The molecule has 1 saturated carbocycles. The van der Waals surface area contributed by atoms with Crippen LogP contribution < -0.4 is 5.32 Å². The molecule has 0 spiro atoms. The smallest absolute Gasteiger partial charge is 0.226 e. The molecule has 1 atom stereocenters. The maximum absolute atomic E-state index is 5.70. The Morgan fingerprint density at radius 1 is 1.35 bits per heavy atom. The van der Waals surface area contributed by atoms with Gasteiger partial charge in [0.25, 0.3) is 0 Å². The fourth-order valence-corrected chi connectivity index (χ4v) is 3.50. The molecule has 3 rings (SSSR count). The minimum absolute atomic E-state index is 0.284. The molecule has 2 aliphatic rings. The summed E-state index contributed by atoms with van der Waals surface area (Å²) in [5.74, 6) is 2.28. The molecule has 1 N–H and O–H groups in total. The van der Waals surface area contributed by atoms with Gasteiger partial charge in [0.2, 0.25) is 11.7 Å². The number of aromatic nitrogens is 2. The summed E-state index contributed by atoms with van der Waals surface area (Å²) in [7, 11) is 1.76. The van der Waals surface area contributed by atoms with E-state index < -0.39 is 0 Å². The van der Waals surface area contributed by atoms with Crippen molar-refractivity contribution in [2.24, 2.45) is 5.92 Å². The first-order valence-corrected chi connectivity index (χ1v) is 7.91. The predicted octanol–water partition coefficient (Wildman–Crippen LogP) is 2.42. The van der Waals surface area contributed by atoms with Crippen molar-refractivity contribution in [1.82, 2.24) is 15.5 Å². The maximum atomic E-state index is 5.70. The summed E-state index contributed by atoms with van der Waals surface area (Å²) in [5.41, 5.74) is -0.284. The summed E-state index contributed by atoms with van der Waals surface area (Å²) in [6.07, 6.45) is 9.01. The molecule has 0 bridgehead atoms. The highest BCUT2D eigenvalue weighted by Crippen LogP contribution is 2.40. The molecule has 112 valence electrons. The first-order chi connectivity index (χ1) is 9.82. The third kappa shape index (κ3) is 2.88. The Morgan fingerprint density at radius 3 is 2.90 bits per heavy atom. The van der Waals surface area contributed by atoms with Gasteiger partial charge in [-0.1, -0.05) is 5.16 Å². The Bertz CT molecular complexity index is 421. The van der Waals surface area contributed by atoms with E-state index in [1.54, 1.807) is 7.11 Å². The minimum Gasteiger partial charge on any atom is -0.370 e. The van der Waals surface area contributed by atoms with Crippen LogP contribution in [0.3, 0.4) is 0 Å². The quantitative estimate of drug-likeness (QED) is 0.897. The van der Waals surface area contributed by atoms with Gasteiger partial charge < -0.3 is 14.6 Å². The van der Waals surface area contributed by atoms with Crippen molar-refractivity contribution in [3.05, 3.63) is 11.7 Å². The Morgan fingerprint density at radius 2 is 2.20 bits per heavy atom. The summed E-state index contributed by atoms with van der Waals surface area (Å²) in [6, 6.07) is 0. The molecule has 5 nitrogen and oxygen atoms in total. The molecule has 1 aliphatic heterocycles. The number of aryl methyl sites for hydroxylation is 1. The molecule has 1 saturated heterocycles. The van der Waals surface area contributed by atoms with Crippen molar-refractivity contribution in [2.45, 2.75) is 57.0 Å². The van der Waals surface area contributed by atoms with Crippen LogP contribution in [0.25, 0.3) is 0 Å². The highest BCUT2D eigenvalue weighted by Gasteiger charge is 2.40. The number of nitrogens with one attached hydrogen (secondary N) is 1. The lowest BCUT2D eigenvalue weighted by atomic mass is 9.95. The van der Waals surface area contributed by atoms with Crippen molar-refractivity contribution in [3.8, 4) is 0 Å². The average Bonchev–Trinajstić information content (AvgIpc) is 3.16. The number of methoxy groups -OCH3 is 1. The van der Waals surface area contributed by atoms with Crippen LogP contribution in [-0.4, -0.2) is 30.3 Å². The zero-order valence-corrected chi connectivity index (χ0v) is 12.4. The molecular weight excluding hydrogens is 254 g/mol. The van der Waals surface area contributed by atoms with Crippen LogP contribution in [0.5, 0.6) is 0 Å². The SMILES string of the molecule is COC1(c2noc(CCC3CCCNC3)n2)CCCC1. The second kappa shape index (κ2) is 6.22. The van der Waals surface area contributed by atoms with E-state index in [2.05, 4.69) is 15.5 Å². The fraction of sp³-hybridized carbons (Fsp3) is 0.867. The highest BCUT2D eigenvalue weighted by molar-refractivity contribution is 5.04. The van der Waals surface area contributed by atoms with Gasteiger partial charge in [0, 0.05) is 13.5 Å². The molecule has 1 aromatic rings. The lowest BCUT2D eigenvalue weighted by Gasteiger charge is -2.22. The predicted molar refractivity (Wildman–Crippen MR) is 75.4 cm³/mol. The summed E-state index contributed by atoms with van der Waals surface area (Å²) in [4.78, 5) is 4.60. The lowest BCUT2D eigenvalue weighted by molar-refractivity contribution is -0.0178. The van der Waals surface area contributed by atoms with E-state index in [4.69, 9.17) is 9.26 Å². The van der Waals surface area contributed by atoms with Crippen molar-refractivity contribution < 1.29 is 9.26 Å². The normalized spacial score (nSPS) is 25.9. The minimum atomic E-state index is -0.284. The second-order valence-electron chi connectivity index (χ2n) is 6.17. The van der Waals surface area contributed by atoms with Crippen LogP contribution in [0, 0.1) is 5.92 Å². The monoisotopic (exact) mass is 279 g/mol. The molecule has 0 amide bonds. The third-order valence-electron chi connectivity index (χ3n) is 4.84. The zero-order chi connectivity index (χ0) is 13.8. The van der Waals surface area contributed by atoms with Crippen LogP contribution in [-0.2, 0) is 16.8 Å². The van der Waals surface area contributed by atoms with Gasteiger partial charge in [-0.3, -0.25) is 0 Å². The number of hydrogen-bond acceptors (Lipinski definition) is 5. The number of ether oxygens (including phenoxy) is 1. The number of hydrogen-bond donors (Lipinski definition) is 1. The van der Waals surface area contributed by atoms with Gasteiger partial charge in [-0.05, 0) is 64.0 Å². The van der Waals surface area contributed by atoms with Crippen LogP contribution in [0.4, 0.5) is 0 Å². The van der Waals surface area contributed by atoms with Crippen molar-refractivity contribution in [2.75, 3.05) is 20.2 Å². The average molecular weight is 279 g/mol. The van der Waals surface area contributed by atoms with Gasteiger partial charge >= 0.3 is 0 Å². The van der Waals surface area contributed by atoms with Crippen molar-refractivity contribution in [1.29, 1.82) is 0 Å². The summed E-state index contributed by atoms with van der Waals surface area (Å²) < 4.78 is 11.1. The molecule has 20 heavy (non-hydrogen) atoms. The topological polar surface area (TPSA) is 60.2 Å². The van der Waals surface area contributed by atoms with Gasteiger partial charge in [0.1, 0.15) is 5.60 Å². The van der Waals surface area contributed by atoms with Crippen molar-refractivity contribution >= 4 is 0 Å². The molecular formula is C15H25N3O2. The largest absolute Gasteiger partial charge is 0.370 e. The summed E-state index contributed by atoms with van der Waals surface area (Å²) >= 11 is 0. The van der Waals surface area contributed by atoms with E-state index in [0.717, 1.165) is 56.4 Å². The molecule has 1 aliphatic carbocycles. The fourth-order valence-electron chi connectivity index (χ4n) is 3.50. The van der Waals surface area contributed by atoms with Gasteiger partial charge in [-0.15, -0.1) is 0 Å². The summed E-state index contributed by atoms with van der Waals surface area (Å²) in [5, 5.41) is 7.63. The van der Waals surface area contributed by atoms with E-state index in [1.165, 1.54) is 25.7 Å². The maximum Gasteiger partial charge on any atom is 0.226 e. The highest BCUT2D eigenvalue weighted by atomic mass is 16.5. The summed E-state index contributed by atoms with van der Waals surface area (Å²) in [6.45, 7) is 2.29. The standard InChI is InChI=1S/C15H25N3O2/c1-19-15(8-2-3-9-15)14-17-13(20-18-14)7-6-12-5-4-10-16-11-12/h12,16H,2-11H2,1H3. The van der Waals surface area contributed by atoms with Gasteiger partial charge in [0.05, 0.1) is 0 Å².